The van der Waals surface area contributed by atoms with E-state index in [1.54, 1.807) is 26.0 Å². The Kier molecular flexibility index (Phi) is 6.98. The second-order valence-corrected chi connectivity index (χ2v) is 8.79. The Morgan fingerprint density at radius 2 is 1.48 bits per heavy atom. The molecule has 2 rings (SSSR count). The van der Waals surface area contributed by atoms with E-state index >= 15 is 0 Å². The van der Waals surface area contributed by atoms with E-state index in [0.717, 1.165) is 11.1 Å². The summed E-state index contributed by atoms with van der Waals surface area (Å²) >= 11 is 0. The van der Waals surface area contributed by atoms with Crippen LogP contribution >= 0.6 is 0 Å². The number of carbonyl (C=O) groups is 1. The van der Waals surface area contributed by atoms with Gasteiger partial charge in [-0.2, -0.15) is 0 Å². The third-order valence-electron chi connectivity index (χ3n) is 4.02. The molecule has 1 unspecified atom stereocenters. The standard InChI is InChI=1S/C20H25NO5S/c1-14(2)27(23,24)21-13-15(3)26-19-11-9-17(10-12-19)16-5-7-18(8-6-16)20(22)25-4/h5-12,14-15,21H,13H2,1-4H3. The fourth-order valence-electron chi connectivity index (χ4n) is 2.32. The Balaban J connectivity index is 1.97. The van der Waals surface area contributed by atoms with Crippen LogP contribution in [0.1, 0.15) is 31.1 Å². The summed E-state index contributed by atoms with van der Waals surface area (Å²) in [6.07, 6.45) is -0.302. The van der Waals surface area contributed by atoms with Crippen LogP contribution in [0.5, 0.6) is 5.75 Å². The number of sulfonamides is 1. The topological polar surface area (TPSA) is 81.7 Å². The van der Waals surface area contributed by atoms with Crippen molar-refractivity contribution in [3.05, 3.63) is 54.1 Å². The number of methoxy groups -OCH3 is 1. The van der Waals surface area contributed by atoms with Gasteiger partial charge in [-0.1, -0.05) is 24.3 Å². The summed E-state index contributed by atoms with van der Waals surface area (Å²) in [6, 6.07) is 14.6. The molecule has 27 heavy (non-hydrogen) atoms. The zero-order chi connectivity index (χ0) is 20.0. The van der Waals surface area contributed by atoms with Gasteiger partial charge in [-0.25, -0.2) is 17.9 Å². The van der Waals surface area contributed by atoms with Crippen LogP contribution < -0.4 is 9.46 Å². The number of hydrogen-bond donors (Lipinski definition) is 1. The molecule has 0 aliphatic carbocycles. The molecule has 0 aliphatic heterocycles. The minimum atomic E-state index is -3.30. The average Bonchev–Trinajstić information content (AvgIpc) is 2.66. The van der Waals surface area contributed by atoms with E-state index in [9.17, 15) is 13.2 Å². The van der Waals surface area contributed by atoms with Gasteiger partial charge < -0.3 is 9.47 Å². The lowest BCUT2D eigenvalue weighted by atomic mass is 10.0. The average molecular weight is 391 g/mol. The van der Waals surface area contributed by atoms with Crippen molar-refractivity contribution in [2.75, 3.05) is 13.7 Å². The van der Waals surface area contributed by atoms with Crippen LogP contribution in [0.15, 0.2) is 48.5 Å². The van der Waals surface area contributed by atoms with E-state index in [4.69, 9.17) is 9.47 Å². The molecule has 0 aromatic heterocycles. The molecule has 1 N–H and O–H groups in total. The van der Waals surface area contributed by atoms with Crippen molar-refractivity contribution in [3.63, 3.8) is 0 Å². The molecular formula is C20H25NO5S. The van der Waals surface area contributed by atoms with Gasteiger partial charge in [0.1, 0.15) is 11.9 Å². The van der Waals surface area contributed by atoms with E-state index in [1.165, 1.54) is 7.11 Å². The van der Waals surface area contributed by atoms with Gasteiger partial charge in [0, 0.05) is 6.54 Å². The first kappa shape index (κ1) is 20.9. The maximum Gasteiger partial charge on any atom is 0.337 e. The lowest BCUT2D eigenvalue weighted by Gasteiger charge is -2.17. The fourth-order valence-corrected chi connectivity index (χ4v) is 3.12. The Bertz CT molecular complexity index is 858. The molecule has 1 atom stereocenters. The van der Waals surface area contributed by atoms with Crippen molar-refractivity contribution in [2.45, 2.75) is 32.1 Å². The van der Waals surface area contributed by atoms with Gasteiger partial charge in [0.05, 0.1) is 17.9 Å². The van der Waals surface area contributed by atoms with Crippen molar-refractivity contribution >= 4 is 16.0 Å². The number of nitrogens with one attached hydrogen (secondary N) is 1. The lowest BCUT2D eigenvalue weighted by molar-refractivity contribution is 0.0600. The van der Waals surface area contributed by atoms with Crippen LogP contribution in [0.4, 0.5) is 0 Å². The third-order valence-corrected chi connectivity index (χ3v) is 5.83. The van der Waals surface area contributed by atoms with Crippen molar-refractivity contribution in [1.29, 1.82) is 0 Å². The van der Waals surface area contributed by atoms with Crippen molar-refractivity contribution in [2.24, 2.45) is 0 Å². The molecule has 7 heteroatoms. The fraction of sp³-hybridized carbons (Fsp3) is 0.350. The summed E-state index contributed by atoms with van der Waals surface area (Å²) in [5.41, 5.74) is 2.44. The molecule has 146 valence electrons. The summed E-state index contributed by atoms with van der Waals surface area (Å²) in [7, 11) is -1.95. The molecule has 0 fully saturated rings. The highest BCUT2D eigenvalue weighted by Crippen LogP contribution is 2.23. The molecule has 0 aliphatic rings. The molecule has 0 spiro atoms. The molecular weight excluding hydrogens is 366 g/mol. The maximum atomic E-state index is 11.8. The second kappa shape index (κ2) is 9.01. The van der Waals surface area contributed by atoms with Gasteiger partial charge in [-0.15, -0.1) is 0 Å². The molecule has 2 aromatic carbocycles. The molecule has 0 heterocycles. The largest absolute Gasteiger partial charge is 0.489 e. The predicted octanol–water partition coefficient (Wildman–Crippen LogP) is 3.24. The van der Waals surface area contributed by atoms with E-state index in [-0.39, 0.29) is 18.6 Å². The van der Waals surface area contributed by atoms with Gasteiger partial charge >= 0.3 is 5.97 Å². The monoisotopic (exact) mass is 391 g/mol. The second-order valence-electron chi connectivity index (χ2n) is 6.46. The van der Waals surface area contributed by atoms with Crippen molar-refractivity contribution in [3.8, 4) is 16.9 Å². The summed E-state index contributed by atoms with van der Waals surface area (Å²) in [5.74, 6) is 0.286. The zero-order valence-corrected chi connectivity index (χ0v) is 16.7. The summed E-state index contributed by atoms with van der Waals surface area (Å²) in [5, 5.41) is -0.477. The first-order valence-electron chi connectivity index (χ1n) is 8.67. The minimum Gasteiger partial charge on any atom is -0.489 e. The number of carbonyl (C=O) groups excluding carboxylic acids is 1. The first-order valence-corrected chi connectivity index (χ1v) is 10.2. The highest BCUT2D eigenvalue weighted by atomic mass is 32.2. The Labute approximate surface area is 160 Å². The Morgan fingerprint density at radius 1 is 0.963 bits per heavy atom. The summed E-state index contributed by atoms with van der Waals surface area (Å²) < 4.78 is 36.5. The van der Waals surface area contributed by atoms with E-state index in [1.807, 2.05) is 43.3 Å². The first-order chi connectivity index (χ1) is 12.7. The summed E-state index contributed by atoms with van der Waals surface area (Å²) in [4.78, 5) is 11.5. The number of benzene rings is 2. The predicted molar refractivity (Wildman–Crippen MR) is 105 cm³/mol. The quantitative estimate of drug-likeness (QED) is 0.699. The van der Waals surface area contributed by atoms with E-state index in [2.05, 4.69) is 4.72 Å². The van der Waals surface area contributed by atoms with E-state index in [0.29, 0.717) is 11.3 Å². The molecule has 0 saturated heterocycles. The highest BCUT2D eigenvalue weighted by molar-refractivity contribution is 7.90. The van der Waals surface area contributed by atoms with Crippen molar-refractivity contribution in [1.82, 2.24) is 4.72 Å². The molecule has 2 aromatic rings. The van der Waals surface area contributed by atoms with E-state index < -0.39 is 15.3 Å². The Hall–Kier alpha value is -2.38. The SMILES string of the molecule is COC(=O)c1ccc(-c2ccc(OC(C)CNS(=O)(=O)C(C)C)cc2)cc1. The molecule has 0 saturated carbocycles. The van der Waals surface area contributed by atoms with Crippen LogP contribution in [0.25, 0.3) is 11.1 Å². The van der Waals surface area contributed by atoms with Crippen molar-refractivity contribution < 1.29 is 22.7 Å². The normalized spacial score (nSPS) is 12.6. The third kappa shape index (κ3) is 5.80. The molecule has 6 nitrogen and oxygen atoms in total. The number of ether oxygens (including phenoxy) is 2. The van der Waals surface area contributed by atoms with Crippen LogP contribution in [0.2, 0.25) is 0 Å². The number of esters is 1. The number of hydrogen-bond acceptors (Lipinski definition) is 5. The van der Waals surface area contributed by atoms with Gasteiger partial charge in [0.25, 0.3) is 0 Å². The molecule has 0 amide bonds. The number of rotatable bonds is 8. The van der Waals surface area contributed by atoms with Gasteiger partial charge in [0.15, 0.2) is 0 Å². The Morgan fingerprint density at radius 3 is 1.96 bits per heavy atom. The molecule has 0 radical (unpaired) electrons. The summed E-state index contributed by atoms with van der Waals surface area (Å²) in [6.45, 7) is 5.27. The van der Waals surface area contributed by atoms with Crippen LogP contribution in [0, 0.1) is 0 Å². The minimum absolute atomic E-state index is 0.206. The van der Waals surface area contributed by atoms with Gasteiger partial charge in [-0.3, -0.25) is 0 Å². The lowest BCUT2D eigenvalue weighted by Crippen LogP contribution is -2.37. The van der Waals surface area contributed by atoms with Crippen LogP contribution in [0.3, 0.4) is 0 Å². The van der Waals surface area contributed by atoms with Gasteiger partial charge in [-0.05, 0) is 56.2 Å². The van der Waals surface area contributed by atoms with Gasteiger partial charge in [0.2, 0.25) is 10.0 Å². The van der Waals surface area contributed by atoms with Crippen LogP contribution in [-0.4, -0.2) is 39.4 Å². The zero-order valence-electron chi connectivity index (χ0n) is 15.9. The van der Waals surface area contributed by atoms with Crippen LogP contribution in [-0.2, 0) is 14.8 Å². The molecule has 0 bridgehead atoms. The maximum absolute atomic E-state index is 11.8. The highest BCUT2D eigenvalue weighted by Gasteiger charge is 2.17. The smallest absolute Gasteiger partial charge is 0.337 e.